The van der Waals surface area contributed by atoms with E-state index in [-0.39, 0.29) is 5.78 Å². The lowest BCUT2D eigenvalue weighted by Gasteiger charge is -2.11. The largest absolute Gasteiger partial charge is 0.416 e. The molecular weight excluding hydrogens is 241 g/mol. The Hall–Kier alpha value is -1.32. The van der Waals surface area contributed by atoms with Crippen LogP contribution in [0, 0.1) is 12.8 Å². The lowest BCUT2D eigenvalue weighted by molar-refractivity contribution is -0.137. The van der Waals surface area contributed by atoms with Gasteiger partial charge in [0.2, 0.25) is 0 Å². The highest BCUT2D eigenvalue weighted by atomic mass is 19.4. The van der Waals surface area contributed by atoms with Crippen LogP contribution in [0.25, 0.3) is 0 Å². The first-order valence-electron chi connectivity index (χ1n) is 5.93. The van der Waals surface area contributed by atoms with Gasteiger partial charge in [-0.2, -0.15) is 13.2 Å². The minimum absolute atomic E-state index is 0.0880. The van der Waals surface area contributed by atoms with Crippen LogP contribution in [-0.4, -0.2) is 5.78 Å². The standard InChI is InChI=1S/C14H17F3O/c1-9(2)4-7-13(18)12-6-5-11(8-10(12)3)14(15,16)17/h5-6,8-9H,4,7H2,1-3H3. The van der Waals surface area contributed by atoms with Crippen LogP contribution >= 0.6 is 0 Å². The molecule has 0 saturated heterocycles. The number of halogens is 3. The van der Waals surface area contributed by atoms with Gasteiger partial charge in [-0.1, -0.05) is 19.9 Å². The van der Waals surface area contributed by atoms with Gasteiger partial charge in [-0.05, 0) is 37.0 Å². The Morgan fingerprint density at radius 3 is 2.33 bits per heavy atom. The van der Waals surface area contributed by atoms with E-state index in [0.717, 1.165) is 18.6 Å². The molecule has 0 aromatic heterocycles. The Morgan fingerprint density at radius 2 is 1.89 bits per heavy atom. The topological polar surface area (TPSA) is 17.1 Å². The van der Waals surface area contributed by atoms with Crippen LogP contribution in [0.15, 0.2) is 18.2 Å². The summed E-state index contributed by atoms with van der Waals surface area (Å²) in [4.78, 5) is 11.8. The quantitative estimate of drug-likeness (QED) is 0.719. The average Bonchev–Trinajstić information content (AvgIpc) is 2.24. The zero-order valence-corrected chi connectivity index (χ0v) is 10.8. The van der Waals surface area contributed by atoms with Crippen molar-refractivity contribution in [1.82, 2.24) is 0 Å². The SMILES string of the molecule is Cc1cc(C(F)(F)F)ccc1C(=O)CCC(C)C. The van der Waals surface area contributed by atoms with Crippen molar-refractivity contribution in [3.05, 3.63) is 34.9 Å². The Labute approximate surface area is 105 Å². The maximum Gasteiger partial charge on any atom is 0.416 e. The fourth-order valence-electron chi connectivity index (χ4n) is 1.71. The van der Waals surface area contributed by atoms with Gasteiger partial charge < -0.3 is 0 Å². The fraction of sp³-hybridized carbons (Fsp3) is 0.500. The summed E-state index contributed by atoms with van der Waals surface area (Å²) in [6, 6.07) is 3.28. The van der Waals surface area contributed by atoms with E-state index in [9.17, 15) is 18.0 Å². The van der Waals surface area contributed by atoms with E-state index in [4.69, 9.17) is 0 Å². The van der Waals surface area contributed by atoms with E-state index < -0.39 is 11.7 Å². The molecule has 0 aliphatic rings. The Balaban J connectivity index is 2.89. The van der Waals surface area contributed by atoms with E-state index in [1.807, 2.05) is 13.8 Å². The molecule has 0 amide bonds. The molecule has 0 unspecified atom stereocenters. The second-order valence-electron chi connectivity index (χ2n) is 4.88. The Morgan fingerprint density at radius 1 is 1.28 bits per heavy atom. The van der Waals surface area contributed by atoms with Crippen LogP contribution in [0.2, 0.25) is 0 Å². The molecule has 0 saturated carbocycles. The van der Waals surface area contributed by atoms with Gasteiger partial charge in [0.05, 0.1) is 5.56 Å². The number of Topliss-reactive ketones (excluding diaryl/α,β-unsaturated/α-hetero) is 1. The maximum absolute atomic E-state index is 12.5. The summed E-state index contributed by atoms with van der Waals surface area (Å²) in [5, 5.41) is 0. The smallest absolute Gasteiger partial charge is 0.294 e. The summed E-state index contributed by atoms with van der Waals surface area (Å²) < 4.78 is 37.4. The molecule has 18 heavy (non-hydrogen) atoms. The van der Waals surface area contributed by atoms with Gasteiger partial charge in [-0.15, -0.1) is 0 Å². The van der Waals surface area contributed by atoms with Gasteiger partial charge in [0.25, 0.3) is 0 Å². The van der Waals surface area contributed by atoms with E-state index in [2.05, 4.69) is 0 Å². The molecular formula is C14H17F3O. The van der Waals surface area contributed by atoms with Crippen molar-refractivity contribution >= 4 is 5.78 Å². The van der Waals surface area contributed by atoms with Crippen LogP contribution in [0.1, 0.15) is 48.2 Å². The molecule has 0 fully saturated rings. The summed E-state index contributed by atoms with van der Waals surface area (Å²) in [7, 11) is 0. The van der Waals surface area contributed by atoms with Gasteiger partial charge in [0.15, 0.2) is 5.78 Å². The molecule has 0 heterocycles. The predicted octanol–water partition coefficient (Wildman–Crippen LogP) is 4.63. The van der Waals surface area contributed by atoms with E-state index in [1.54, 1.807) is 0 Å². The first-order valence-corrected chi connectivity index (χ1v) is 5.93. The minimum Gasteiger partial charge on any atom is -0.294 e. The molecule has 0 aliphatic carbocycles. The van der Waals surface area contributed by atoms with E-state index >= 15 is 0 Å². The molecule has 100 valence electrons. The lowest BCUT2D eigenvalue weighted by Crippen LogP contribution is -2.08. The molecule has 1 aromatic rings. The lowest BCUT2D eigenvalue weighted by atomic mass is 9.96. The van der Waals surface area contributed by atoms with Crippen molar-refractivity contribution in [2.24, 2.45) is 5.92 Å². The summed E-state index contributed by atoms with van der Waals surface area (Å²) in [6.07, 6.45) is -3.23. The fourth-order valence-corrected chi connectivity index (χ4v) is 1.71. The van der Waals surface area contributed by atoms with Gasteiger partial charge in [-0.3, -0.25) is 4.79 Å². The third kappa shape index (κ3) is 3.86. The second kappa shape index (κ2) is 5.55. The number of carbonyl (C=O) groups is 1. The highest BCUT2D eigenvalue weighted by Crippen LogP contribution is 2.30. The summed E-state index contributed by atoms with van der Waals surface area (Å²) in [6.45, 7) is 5.55. The molecule has 0 radical (unpaired) electrons. The summed E-state index contributed by atoms with van der Waals surface area (Å²) >= 11 is 0. The van der Waals surface area contributed by atoms with Crippen LogP contribution in [0.5, 0.6) is 0 Å². The number of rotatable bonds is 4. The molecule has 0 aliphatic heterocycles. The van der Waals surface area contributed by atoms with Gasteiger partial charge in [-0.25, -0.2) is 0 Å². The number of carbonyl (C=O) groups excluding carboxylic acids is 1. The normalized spacial score (nSPS) is 11.9. The van der Waals surface area contributed by atoms with Gasteiger partial charge in [0.1, 0.15) is 0 Å². The van der Waals surface area contributed by atoms with Crippen molar-refractivity contribution < 1.29 is 18.0 Å². The first kappa shape index (κ1) is 14.7. The highest BCUT2D eigenvalue weighted by molar-refractivity contribution is 5.97. The number of hydrogen-bond donors (Lipinski definition) is 0. The maximum atomic E-state index is 12.5. The third-order valence-electron chi connectivity index (χ3n) is 2.80. The van der Waals surface area contributed by atoms with Crippen LogP contribution in [0.4, 0.5) is 13.2 Å². The average molecular weight is 258 g/mol. The molecule has 0 spiro atoms. The number of ketones is 1. The zero-order valence-electron chi connectivity index (χ0n) is 10.8. The Kier molecular flexibility index (Phi) is 4.54. The van der Waals surface area contributed by atoms with E-state index in [1.165, 1.54) is 13.0 Å². The van der Waals surface area contributed by atoms with Gasteiger partial charge in [0, 0.05) is 12.0 Å². The Bertz CT molecular complexity index is 433. The number of hydrogen-bond acceptors (Lipinski definition) is 1. The molecule has 1 nitrogen and oxygen atoms in total. The van der Waals surface area contributed by atoms with E-state index in [0.29, 0.717) is 23.5 Å². The van der Waals surface area contributed by atoms with Crippen LogP contribution in [-0.2, 0) is 6.18 Å². The summed E-state index contributed by atoms with van der Waals surface area (Å²) in [5.74, 6) is 0.318. The van der Waals surface area contributed by atoms with Crippen molar-refractivity contribution in [3.8, 4) is 0 Å². The molecule has 0 N–H and O–H groups in total. The van der Waals surface area contributed by atoms with Crippen molar-refractivity contribution in [2.45, 2.75) is 39.8 Å². The number of alkyl halides is 3. The minimum atomic E-state index is -4.36. The molecule has 1 rings (SSSR count). The monoisotopic (exact) mass is 258 g/mol. The molecule has 1 aromatic carbocycles. The highest BCUT2D eigenvalue weighted by Gasteiger charge is 2.30. The van der Waals surface area contributed by atoms with Crippen molar-refractivity contribution in [2.75, 3.05) is 0 Å². The second-order valence-corrected chi connectivity index (χ2v) is 4.88. The van der Waals surface area contributed by atoms with Gasteiger partial charge >= 0.3 is 6.18 Å². The first-order chi connectivity index (χ1) is 8.21. The molecule has 0 bridgehead atoms. The zero-order chi connectivity index (χ0) is 13.9. The van der Waals surface area contributed by atoms with Crippen molar-refractivity contribution in [3.63, 3.8) is 0 Å². The van der Waals surface area contributed by atoms with Crippen molar-refractivity contribution in [1.29, 1.82) is 0 Å². The third-order valence-corrected chi connectivity index (χ3v) is 2.80. The van der Waals surface area contributed by atoms with Crippen LogP contribution < -0.4 is 0 Å². The predicted molar refractivity (Wildman–Crippen MR) is 64.6 cm³/mol. The molecule has 4 heteroatoms. The van der Waals surface area contributed by atoms with Crippen LogP contribution in [0.3, 0.4) is 0 Å². The molecule has 0 atom stereocenters. The summed E-state index contributed by atoms with van der Waals surface area (Å²) in [5.41, 5.74) is 0.0719. The number of aryl methyl sites for hydroxylation is 1. The number of benzene rings is 1.